The van der Waals surface area contributed by atoms with Gasteiger partial charge in [-0.25, -0.2) is 13.4 Å². The number of sulfone groups is 1. The van der Waals surface area contributed by atoms with Gasteiger partial charge in [0, 0.05) is 44.9 Å². The first kappa shape index (κ1) is 21.7. The van der Waals surface area contributed by atoms with Gasteiger partial charge in [-0.15, -0.1) is 0 Å². The zero-order valence-corrected chi connectivity index (χ0v) is 17.7. The lowest BCUT2D eigenvalue weighted by Crippen LogP contribution is -2.54. The van der Waals surface area contributed by atoms with Crippen LogP contribution in [0.15, 0.2) is 29.2 Å². The molecule has 0 aromatic heterocycles. The molecule has 3 rings (SSSR count). The fourth-order valence-electron chi connectivity index (χ4n) is 3.34. The molecule has 1 aromatic carbocycles. The first-order chi connectivity index (χ1) is 13.8. The molecule has 2 fully saturated rings. The van der Waals surface area contributed by atoms with Crippen LogP contribution in [0, 0.1) is 5.92 Å². The summed E-state index contributed by atoms with van der Waals surface area (Å²) in [4.78, 5) is 26.4. The molecule has 0 atom stereocenters. The number of benzene rings is 1. The molecular weight excluding hydrogens is 392 g/mol. The van der Waals surface area contributed by atoms with Gasteiger partial charge in [-0.3, -0.25) is 15.0 Å². The summed E-state index contributed by atoms with van der Waals surface area (Å²) in [5.41, 5.74) is 3.71. The second-order valence-electron chi connectivity index (χ2n) is 7.88. The Hall–Kier alpha value is -1.97. The van der Waals surface area contributed by atoms with Gasteiger partial charge in [-0.1, -0.05) is 12.1 Å². The maximum absolute atomic E-state index is 12.3. The molecule has 9 heteroatoms. The minimum Gasteiger partial charge on any atom is -0.356 e. The van der Waals surface area contributed by atoms with Gasteiger partial charge >= 0.3 is 0 Å². The molecule has 1 aliphatic heterocycles. The van der Waals surface area contributed by atoms with Gasteiger partial charge in [0.1, 0.15) is 0 Å². The van der Waals surface area contributed by atoms with Crippen LogP contribution in [0.1, 0.15) is 24.8 Å². The third-order valence-electron chi connectivity index (χ3n) is 5.27. The fraction of sp³-hybridized carbons (Fsp3) is 0.600. The van der Waals surface area contributed by atoms with Crippen molar-refractivity contribution in [3.8, 4) is 0 Å². The van der Waals surface area contributed by atoms with Gasteiger partial charge < -0.3 is 10.2 Å². The SMILES string of the molecule is CS(=O)(=O)c1ccc(CC(=O)NN2CCN(CCCNC(=O)C3CC3)CC2)cc1. The lowest BCUT2D eigenvalue weighted by atomic mass is 10.1. The van der Waals surface area contributed by atoms with Crippen LogP contribution in [0.2, 0.25) is 0 Å². The second-order valence-corrected chi connectivity index (χ2v) is 9.89. The Labute approximate surface area is 172 Å². The summed E-state index contributed by atoms with van der Waals surface area (Å²) in [5.74, 6) is 0.358. The summed E-state index contributed by atoms with van der Waals surface area (Å²) in [6, 6.07) is 6.42. The summed E-state index contributed by atoms with van der Waals surface area (Å²) in [6.45, 7) is 4.93. The van der Waals surface area contributed by atoms with Crippen LogP contribution in [0.3, 0.4) is 0 Å². The molecule has 0 radical (unpaired) electrons. The standard InChI is InChI=1S/C20H30N4O4S/c1-29(27,28)18-7-3-16(4-8-18)15-19(25)22-24-13-11-23(12-14-24)10-2-9-21-20(26)17-5-6-17/h3-4,7-8,17H,2,5-6,9-15H2,1H3,(H,21,26)(H,22,25). The minimum absolute atomic E-state index is 0.103. The van der Waals surface area contributed by atoms with Crippen molar-refractivity contribution in [1.82, 2.24) is 20.7 Å². The Morgan fingerprint density at radius 2 is 1.72 bits per heavy atom. The van der Waals surface area contributed by atoms with E-state index in [0.717, 1.165) is 64.1 Å². The smallest absolute Gasteiger partial charge is 0.238 e. The highest BCUT2D eigenvalue weighted by Crippen LogP contribution is 2.28. The fourth-order valence-corrected chi connectivity index (χ4v) is 3.97. The molecule has 1 heterocycles. The molecule has 29 heavy (non-hydrogen) atoms. The van der Waals surface area contributed by atoms with Crippen molar-refractivity contribution in [2.45, 2.75) is 30.6 Å². The van der Waals surface area contributed by atoms with Crippen molar-refractivity contribution < 1.29 is 18.0 Å². The van der Waals surface area contributed by atoms with Crippen LogP contribution in [-0.4, -0.2) is 75.7 Å². The van der Waals surface area contributed by atoms with Crippen LogP contribution >= 0.6 is 0 Å². The number of hydrogen-bond acceptors (Lipinski definition) is 6. The van der Waals surface area contributed by atoms with E-state index in [2.05, 4.69) is 15.6 Å². The molecule has 2 aliphatic rings. The molecule has 2 amide bonds. The van der Waals surface area contributed by atoms with E-state index in [1.165, 1.54) is 18.4 Å². The third-order valence-corrected chi connectivity index (χ3v) is 6.40. The molecule has 0 bridgehead atoms. The molecule has 1 aromatic rings. The van der Waals surface area contributed by atoms with E-state index < -0.39 is 9.84 Å². The molecule has 2 N–H and O–H groups in total. The molecule has 160 valence electrons. The number of hydrazine groups is 1. The average molecular weight is 423 g/mol. The molecule has 0 unspecified atom stereocenters. The van der Waals surface area contributed by atoms with Crippen molar-refractivity contribution in [1.29, 1.82) is 0 Å². The average Bonchev–Trinajstić information content (AvgIpc) is 3.51. The van der Waals surface area contributed by atoms with Gasteiger partial charge in [0.15, 0.2) is 9.84 Å². The Bertz CT molecular complexity index is 813. The van der Waals surface area contributed by atoms with E-state index >= 15 is 0 Å². The Morgan fingerprint density at radius 3 is 2.31 bits per heavy atom. The van der Waals surface area contributed by atoms with Crippen molar-refractivity contribution >= 4 is 21.7 Å². The first-order valence-corrected chi connectivity index (χ1v) is 12.0. The number of piperazine rings is 1. The maximum atomic E-state index is 12.3. The molecule has 0 spiro atoms. The highest BCUT2D eigenvalue weighted by atomic mass is 32.2. The van der Waals surface area contributed by atoms with Gasteiger partial charge in [-0.05, 0) is 43.5 Å². The van der Waals surface area contributed by atoms with Crippen LogP contribution in [0.25, 0.3) is 0 Å². The van der Waals surface area contributed by atoms with E-state index in [4.69, 9.17) is 0 Å². The number of hydrogen-bond donors (Lipinski definition) is 2. The van der Waals surface area contributed by atoms with Gasteiger partial charge in [-0.2, -0.15) is 0 Å². The normalized spacial score (nSPS) is 18.4. The van der Waals surface area contributed by atoms with Gasteiger partial charge in [0.2, 0.25) is 11.8 Å². The zero-order chi connectivity index (χ0) is 20.9. The van der Waals surface area contributed by atoms with Crippen LogP contribution in [-0.2, 0) is 25.8 Å². The number of nitrogens with zero attached hydrogens (tertiary/aromatic N) is 2. The van der Waals surface area contributed by atoms with Crippen LogP contribution < -0.4 is 10.7 Å². The molecule has 8 nitrogen and oxygen atoms in total. The van der Waals surface area contributed by atoms with Crippen molar-refractivity contribution in [3.05, 3.63) is 29.8 Å². The highest BCUT2D eigenvalue weighted by Gasteiger charge is 2.29. The maximum Gasteiger partial charge on any atom is 0.238 e. The van der Waals surface area contributed by atoms with Crippen molar-refractivity contribution in [2.75, 3.05) is 45.5 Å². The monoisotopic (exact) mass is 422 g/mol. The van der Waals surface area contributed by atoms with E-state index in [-0.39, 0.29) is 29.0 Å². The summed E-state index contributed by atoms with van der Waals surface area (Å²) >= 11 is 0. The molecular formula is C20H30N4O4S. The summed E-state index contributed by atoms with van der Waals surface area (Å²) in [5, 5.41) is 4.92. The third kappa shape index (κ3) is 7.09. The Balaban J connectivity index is 1.31. The topological polar surface area (TPSA) is 98.8 Å². The number of nitrogens with one attached hydrogen (secondary N) is 2. The minimum atomic E-state index is -3.22. The number of rotatable bonds is 9. The summed E-state index contributed by atoms with van der Waals surface area (Å²) in [6.07, 6.45) is 4.38. The second kappa shape index (κ2) is 9.69. The quantitative estimate of drug-likeness (QED) is 0.552. The highest BCUT2D eigenvalue weighted by molar-refractivity contribution is 7.90. The largest absolute Gasteiger partial charge is 0.356 e. The van der Waals surface area contributed by atoms with Gasteiger partial charge in [0.25, 0.3) is 0 Å². The molecule has 1 saturated carbocycles. The van der Waals surface area contributed by atoms with E-state index in [0.29, 0.717) is 0 Å². The Morgan fingerprint density at radius 1 is 1.07 bits per heavy atom. The van der Waals surface area contributed by atoms with E-state index in [1.54, 1.807) is 12.1 Å². The molecule has 1 aliphatic carbocycles. The van der Waals surface area contributed by atoms with E-state index in [9.17, 15) is 18.0 Å². The first-order valence-electron chi connectivity index (χ1n) is 10.1. The van der Waals surface area contributed by atoms with Gasteiger partial charge in [0.05, 0.1) is 11.3 Å². The van der Waals surface area contributed by atoms with Crippen molar-refractivity contribution in [2.24, 2.45) is 5.92 Å². The lowest BCUT2D eigenvalue weighted by Gasteiger charge is -2.34. The van der Waals surface area contributed by atoms with Crippen molar-refractivity contribution in [3.63, 3.8) is 0 Å². The predicted molar refractivity (Wildman–Crippen MR) is 110 cm³/mol. The summed E-state index contributed by atoms with van der Waals surface area (Å²) in [7, 11) is -3.22. The van der Waals surface area contributed by atoms with Crippen LogP contribution in [0.4, 0.5) is 0 Å². The zero-order valence-electron chi connectivity index (χ0n) is 16.9. The van der Waals surface area contributed by atoms with Crippen LogP contribution in [0.5, 0.6) is 0 Å². The lowest BCUT2D eigenvalue weighted by molar-refractivity contribution is -0.126. The Kier molecular flexibility index (Phi) is 7.26. The molecule has 1 saturated heterocycles. The summed E-state index contributed by atoms with van der Waals surface area (Å²) < 4.78 is 23.0. The number of carbonyl (C=O) groups is 2. The number of carbonyl (C=O) groups excluding carboxylic acids is 2. The number of amides is 2. The van der Waals surface area contributed by atoms with E-state index in [1.807, 2.05) is 5.01 Å². The predicted octanol–water partition coefficient (Wildman–Crippen LogP) is 0.198.